The van der Waals surface area contributed by atoms with E-state index < -0.39 is 21.7 Å². The van der Waals surface area contributed by atoms with E-state index in [1.165, 1.54) is 23.7 Å². The van der Waals surface area contributed by atoms with Gasteiger partial charge in [0.15, 0.2) is 9.84 Å². The van der Waals surface area contributed by atoms with Crippen LogP contribution in [-0.2, 0) is 14.6 Å². The number of nitrogens with zero attached hydrogens (tertiary/aromatic N) is 1. The number of fused-ring (bicyclic) bond motifs is 1. The Morgan fingerprint density at radius 2 is 1.84 bits per heavy atom. The van der Waals surface area contributed by atoms with E-state index in [-0.39, 0.29) is 28.5 Å². The standard InChI is InChI=1S/C24H20Cl2N4O6S/c1-37(34,35)15-4-5-16(19(26)12-15)24(32)27-13-2-6-18(25)17(10-13)23-28-20-7-3-14(11-21(20)29-23)36-9-8-22(31)30-33/h2-7,10-12,33H,8-9H2,1H3,(H,27,32)(H,28,29)(H,30,31). The van der Waals surface area contributed by atoms with Gasteiger partial charge in [0.05, 0.1) is 44.6 Å². The summed E-state index contributed by atoms with van der Waals surface area (Å²) in [5, 5.41) is 11.7. The molecule has 0 radical (unpaired) electrons. The Hall–Kier alpha value is -3.64. The first-order valence-corrected chi connectivity index (χ1v) is 13.4. The van der Waals surface area contributed by atoms with Crippen molar-refractivity contribution in [2.24, 2.45) is 0 Å². The van der Waals surface area contributed by atoms with Gasteiger partial charge in [-0.25, -0.2) is 18.9 Å². The molecule has 0 saturated carbocycles. The first-order valence-electron chi connectivity index (χ1n) is 10.7. The van der Waals surface area contributed by atoms with Gasteiger partial charge in [0.2, 0.25) is 5.91 Å². The number of carbonyl (C=O) groups is 2. The van der Waals surface area contributed by atoms with Gasteiger partial charge < -0.3 is 15.0 Å². The third-order valence-corrected chi connectivity index (χ3v) is 7.02. The molecule has 0 aliphatic rings. The largest absolute Gasteiger partial charge is 0.493 e. The number of rotatable bonds is 8. The van der Waals surface area contributed by atoms with Gasteiger partial charge in [-0.3, -0.25) is 14.8 Å². The molecule has 0 fully saturated rings. The lowest BCUT2D eigenvalue weighted by Crippen LogP contribution is -2.20. The van der Waals surface area contributed by atoms with E-state index in [1.54, 1.807) is 36.4 Å². The van der Waals surface area contributed by atoms with E-state index >= 15 is 0 Å². The molecular weight excluding hydrogens is 543 g/mol. The molecule has 0 unspecified atom stereocenters. The fourth-order valence-electron chi connectivity index (χ4n) is 3.41. The van der Waals surface area contributed by atoms with Crippen LogP contribution in [0.5, 0.6) is 5.75 Å². The van der Waals surface area contributed by atoms with Crippen LogP contribution < -0.4 is 15.5 Å². The molecule has 0 atom stereocenters. The average molecular weight is 563 g/mol. The molecule has 10 nitrogen and oxygen atoms in total. The summed E-state index contributed by atoms with van der Waals surface area (Å²) in [6.07, 6.45) is 1.04. The normalized spacial score (nSPS) is 11.4. The number of benzene rings is 3. The predicted octanol–water partition coefficient (Wildman–Crippen LogP) is 4.47. The maximum Gasteiger partial charge on any atom is 0.257 e. The Kier molecular flexibility index (Phi) is 7.69. The molecule has 1 heterocycles. The van der Waals surface area contributed by atoms with Crippen molar-refractivity contribution in [1.29, 1.82) is 0 Å². The fourth-order valence-corrected chi connectivity index (χ4v) is 4.60. The second kappa shape index (κ2) is 10.8. The zero-order chi connectivity index (χ0) is 26.7. The Labute approximate surface area is 221 Å². The van der Waals surface area contributed by atoms with E-state index in [9.17, 15) is 18.0 Å². The van der Waals surface area contributed by atoms with Gasteiger partial charge in [-0.1, -0.05) is 23.2 Å². The van der Waals surface area contributed by atoms with Gasteiger partial charge in [0.1, 0.15) is 11.6 Å². The number of aromatic nitrogens is 2. The summed E-state index contributed by atoms with van der Waals surface area (Å²) in [4.78, 5) is 31.7. The van der Waals surface area contributed by atoms with Crippen molar-refractivity contribution < 1.29 is 28.0 Å². The molecule has 1 aromatic heterocycles. The van der Waals surface area contributed by atoms with Crippen LogP contribution in [0, 0.1) is 0 Å². The number of amides is 2. The number of hydroxylamine groups is 1. The molecule has 13 heteroatoms. The number of aromatic amines is 1. The van der Waals surface area contributed by atoms with Gasteiger partial charge in [0, 0.05) is 23.6 Å². The number of halogens is 2. The van der Waals surface area contributed by atoms with Crippen LogP contribution in [0.3, 0.4) is 0 Å². The lowest BCUT2D eigenvalue weighted by atomic mass is 10.1. The highest BCUT2D eigenvalue weighted by Crippen LogP contribution is 2.32. The van der Waals surface area contributed by atoms with Crippen molar-refractivity contribution in [3.63, 3.8) is 0 Å². The van der Waals surface area contributed by atoms with E-state index in [2.05, 4.69) is 15.3 Å². The van der Waals surface area contributed by atoms with Gasteiger partial charge in [-0.05, 0) is 48.5 Å². The van der Waals surface area contributed by atoms with Crippen molar-refractivity contribution in [2.45, 2.75) is 11.3 Å². The number of sulfone groups is 1. The van der Waals surface area contributed by atoms with E-state index in [4.69, 9.17) is 33.1 Å². The number of hydrogen-bond donors (Lipinski definition) is 4. The van der Waals surface area contributed by atoms with Gasteiger partial charge in [-0.2, -0.15) is 0 Å². The Bertz CT molecular complexity index is 1620. The quantitative estimate of drug-likeness (QED) is 0.183. The zero-order valence-corrected chi connectivity index (χ0v) is 21.5. The summed E-state index contributed by atoms with van der Waals surface area (Å²) >= 11 is 12.6. The first kappa shape index (κ1) is 26.4. The molecule has 2 amide bonds. The van der Waals surface area contributed by atoms with Gasteiger partial charge in [-0.15, -0.1) is 0 Å². The second-order valence-electron chi connectivity index (χ2n) is 7.96. The molecule has 0 saturated heterocycles. The highest BCUT2D eigenvalue weighted by molar-refractivity contribution is 7.90. The summed E-state index contributed by atoms with van der Waals surface area (Å²) < 4.78 is 29.0. The Balaban J connectivity index is 1.55. The number of carbonyl (C=O) groups excluding carboxylic acids is 2. The van der Waals surface area contributed by atoms with Crippen LogP contribution in [-0.4, -0.2) is 48.3 Å². The van der Waals surface area contributed by atoms with Crippen LogP contribution in [0.1, 0.15) is 16.8 Å². The van der Waals surface area contributed by atoms with Crippen molar-refractivity contribution in [3.05, 3.63) is 70.2 Å². The third-order valence-electron chi connectivity index (χ3n) is 5.27. The number of nitrogens with one attached hydrogen (secondary N) is 3. The smallest absolute Gasteiger partial charge is 0.257 e. The molecule has 0 aliphatic carbocycles. The zero-order valence-electron chi connectivity index (χ0n) is 19.2. The molecule has 4 rings (SSSR count). The fraction of sp³-hybridized carbons (Fsp3) is 0.125. The SMILES string of the molecule is CS(=O)(=O)c1ccc(C(=O)Nc2ccc(Cl)c(-c3nc4cc(OCCC(=O)NO)ccc4[nH]3)c2)c(Cl)c1. The van der Waals surface area contributed by atoms with Crippen molar-refractivity contribution in [3.8, 4) is 17.1 Å². The van der Waals surface area contributed by atoms with E-state index in [1.807, 2.05) is 0 Å². The summed E-state index contributed by atoms with van der Waals surface area (Å²) in [6, 6.07) is 13.9. The molecule has 3 aromatic carbocycles. The monoisotopic (exact) mass is 562 g/mol. The number of imidazole rings is 1. The summed E-state index contributed by atoms with van der Waals surface area (Å²) in [5.41, 5.74) is 3.88. The molecule has 0 aliphatic heterocycles. The predicted molar refractivity (Wildman–Crippen MR) is 139 cm³/mol. The van der Waals surface area contributed by atoms with E-state index in [0.717, 1.165) is 6.26 Å². The summed E-state index contributed by atoms with van der Waals surface area (Å²) in [5.74, 6) is -0.150. The number of ether oxygens (including phenoxy) is 1. The molecule has 192 valence electrons. The minimum absolute atomic E-state index is 0.00177. The van der Waals surface area contributed by atoms with Crippen LogP contribution in [0.15, 0.2) is 59.5 Å². The Morgan fingerprint density at radius 3 is 2.54 bits per heavy atom. The molecule has 0 spiro atoms. The highest BCUT2D eigenvalue weighted by atomic mass is 35.5. The van der Waals surface area contributed by atoms with Crippen LogP contribution in [0.2, 0.25) is 10.0 Å². The lowest BCUT2D eigenvalue weighted by molar-refractivity contribution is -0.129. The second-order valence-corrected chi connectivity index (χ2v) is 10.8. The van der Waals surface area contributed by atoms with Crippen LogP contribution in [0.4, 0.5) is 5.69 Å². The minimum Gasteiger partial charge on any atom is -0.493 e. The van der Waals surface area contributed by atoms with E-state index in [0.29, 0.717) is 38.9 Å². The maximum absolute atomic E-state index is 12.8. The average Bonchev–Trinajstić information content (AvgIpc) is 3.27. The summed E-state index contributed by atoms with van der Waals surface area (Å²) in [6.45, 7) is 0.0732. The molecule has 4 aromatic rings. The van der Waals surface area contributed by atoms with Crippen LogP contribution >= 0.6 is 23.2 Å². The van der Waals surface area contributed by atoms with Crippen molar-refractivity contribution in [2.75, 3.05) is 18.2 Å². The number of anilines is 1. The van der Waals surface area contributed by atoms with Gasteiger partial charge in [0.25, 0.3) is 5.91 Å². The number of hydrogen-bond acceptors (Lipinski definition) is 7. The minimum atomic E-state index is -3.47. The first-order chi connectivity index (χ1) is 17.5. The molecule has 37 heavy (non-hydrogen) atoms. The van der Waals surface area contributed by atoms with Gasteiger partial charge >= 0.3 is 0 Å². The van der Waals surface area contributed by atoms with Crippen molar-refractivity contribution >= 4 is 61.6 Å². The maximum atomic E-state index is 12.8. The van der Waals surface area contributed by atoms with Crippen LogP contribution in [0.25, 0.3) is 22.4 Å². The molecular formula is C24H20Cl2N4O6S. The Morgan fingerprint density at radius 1 is 1.05 bits per heavy atom. The highest BCUT2D eigenvalue weighted by Gasteiger charge is 2.17. The summed E-state index contributed by atoms with van der Waals surface area (Å²) in [7, 11) is -3.47. The lowest BCUT2D eigenvalue weighted by Gasteiger charge is -2.10. The third kappa shape index (κ3) is 6.20. The topological polar surface area (TPSA) is 150 Å². The number of H-pyrrole nitrogens is 1. The molecule has 4 N–H and O–H groups in total. The molecule has 0 bridgehead atoms. The van der Waals surface area contributed by atoms with Crippen molar-refractivity contribution in [1.82, 2.24) is 15.4 Å².